The molecule has 0 aromatic heterocycles. The normalized spacial score (nSPS) is 26.8. The summed E-state index contributed by atoms with van der Waals surface area (Å²) in [6.07, 6.45) is 3.45. The molecule has 0 bridgehead atoms. The molecule has 76 valence electrons. The minimum atomic E-state index is -1.11. The third kappa shape index (κ3) is 1.48. The second kappa shape index (κ2) is 3.25. The zero-order valence-electron chi connectivity index (χ0n) is 8.07. The lowest BCUT2D eigenvalue weighted by molar-refractivity contribution is -0.147. The van der Waals surface area contributed by atoms with E-state index in [1.807, 2.05) is 6.07 Å². The fourth-order valence-corrected chi connectivity index (χ4v) is 2.08. The molecule has 2 aliphatic rings. The van der Waals surface area contributed by atoms with Crippen LogP contribution in [0.1, 0.15) is 25.7 Å². The molecule has 0 radical (unpaired) electrons. The molecule has 4 nitrogen and oxygen atoms in total. The molecule has 1 heterocycles. The van der Waals surface area contributed by atoms with Gasteiger partial charge in [0, 0.05) is 19.1 Å². The van der Waals surface area contributed by atoms with Crippen molar-refractivity contribution in [3.05, 3.63) is 0 Å². The van der Waals surface area contributed by atoms with E-state index in [1.165, 1.54) is 12.8 Å². The Balaban J connectivity index is 1.99. The number of nitrogens with zero attached hydrogens (tertiary/aromatic N) is 2. The maximum atomic E-state index is 11.0. The van der Waals surface area contributed by atoms with Gasteiger partial charge in [-0.3, -0.25) is 4.79 Å². The van der Waals surface area contributed by atoms with Gasteiger partial charge < -0.3 is 10.0 Å². The highest BCUT2D eigenvalue weighted by Gasteiger charge is 2.44. The van der Waals surface area contributed by atoms with Gasteiger partial charge in [-0.15, -0.1) is 0 Å². The van der Waals surface area contributed by atoms with E-state index < -0.39 is 11.4 Å². The fraction of sp³-hybridized carbons (Fsp3) is 0.800. The van der Waals surface area contributed by atoms with Crippen molar-refractivity contribution in [3.8, 4) is 6.07 Å². The van der Waals surface area contributed by atoms with Gasteiger partial charge in [-0.2, -0.15) is 5.26 Å². The van der Waals surface area contributed by atoms with E-state index >= 15 is 0 Å². The number of piperidine rings is 1. The van der Waals surface area contributed by atoms with Crippen molar-refractivity contribution in [3.63, 3.8) is 0 Å². The molecule has 0 spiro atoms. The van der Waals surface area contributed by atoms with Crippen molar-refractivity contribution in [1.29, 1.82) is 5.26 Å². The summed E-state index contributed by atoms with van der Waals surface area (Å²) in [5, 5.41) is 17.9. The number of aliphatic carboxylic acids is 1. The molecule has 14 heavy (non-hydrogen) atoms. The van der Waals surface area contributed by atoms with Crippen LogP contribution in [0.15, 0.2) is 0 Å². The SMILES string of the molecule is N#CC1(C(=O)O)CCN(C2CC2)CC1. The van der Waals surface area contributed by atoms with Crippen LogP contribution in [0.3, 0.4) is 0 Å². The molecule has 0 aromatic carbocycles. The Labute approximate surface area is 83.1 Å². The first kappa shape index (κ1) is 9.47. The smallest absolute Gasteiger partial charge is 0.324 e. The van der Waals surface area contributed by atoms with Gasteiger partial charge in [0.15, 0.2) is 5.41 Å². The van der Waals surface area contributed by atoms with Gasteiger partial charge in [0.2, 0.25) is 0 Å². The number of nitriles is 1. The van der Waals surface area contributed by atoms with Gasteiger partial charge in [-0.1, -0.05) is 0 Å². The van der Waals surface area contributed by atoms with E-state index in [2.05, 4.69) is 4.90 Å². The highest BCUT2D eigenvalue weighted by molar-refractivity contribution is 5.78. The molecule has 1 saturated heterocycles. The summed E-state index contributed by atoms with van der Waals surface area (Å²) in [6, 6.07) is 2.65. The minimum Gasteiger partial charge on any atom is -0.480 e. The lowest BCUT2D eigenvalue weighted by Gasteiger charge is -2.34. The minimum absolute atomic E-state index is 0.481. The second-order valence-corrected chi connectivity index (χ2v) is 4.27. The molecule has 2 rings (SSSR count). The number of carboxylic acid groups (broad SMARTS) is 1. The highest BCUT2D eigenvalue weighted by Crippen LogP contribution is 2.36. The molecule has 0 unspecified atom stereocenters. The average molecular weight is 194 g/mol. The standard InChI is InChI=1S/C10H14N2O2/c11-7-10(9(13)14)3-5-12(6-4-10)8-1-2-8/h8H,1-6H2,(H,13,14). The van der Waals surface area contributed by atoms with E-state index in [0.29, 0.717) is 18.9 Å². The van der Waals surface area contributed by atoms with Crippen LogP contribution >= 0.6 is 0 Å². The third-order valence-electron chi connectivity index (χ3n) is 3.34. The van der Waals surface area contributed by atoms with Gasteiger partial charge in [0.1, 0.15) is 0 Å². The molecule has 1 aliphatic carbocycles. The van der Waals surface area contributed by atoms with Crippen molar-refractivity contribution >= 4 is 5.97 Å². The van der Waals surface area contributed by atoms with Gasteiger partial charge in [0.25, 0.3) is 0 Å². The van der Waals surface area contributed by atoms with Crippen LogP contribution in [0.5, 0.6) is 0 Å². The lowest BCUT2D eigenvalue weighted by Crippen LogP contribution is -2.44. The van der Waals surface area contributed by atoms with Crippen LogP contribution < -0.4 is 0 Å². The molecule has 4 heteroatoms. The Hall–Kier alpha value is -1.08. The Morgan fingerprint density at radius 1 is 1.43 bits per heavy atom. The van der Waals surface area contributed by atoms with Gasteiger partial charge in [-0.05, 0) is 25.7 Å². The summed E-state index contributed by atoms with van der Waals surface area (Å²) in [5.74, 6) is -0.949. The number of carbonyl (C=O) groups is 1. The summed E-state index contributed by atoms with van der Waals surface area (Å²) in [7, 11) is 0. The number of carboxylic acids is 1. The fourth-order valence-electron chi connectivity index (χ4n) is 2.08. The molecule has 1 N–H and O–H groups in total. The zero-order chi connectivity index (χ0) is 10.2. The van der Waals surface area contributed by atoms with Crippen molar-refractivity contribution < 1.29 is 9.90 Å². The van der Waals surface area contributed by atoms with Gasteiger partial charge >= 0.3 is 5.97 Å². The Kier molecular flexibility index (Phi) is 2.20. The Morgan fingerprint density at radius 3 is 2.36 bits per heavy atom. The van der Waals surface area contributed by atoms with Crippen LogP contribution in [-0.2, 0) is 4.79 Å². The molecule has 0 amide bonds. The zero-order valence-corrected chi connectivity index (χ0v) is 8.07. The Bertz CT molecular complexity index is 283. The number of hydrogen-bond acceptors (Lipinski definition) is 3. The van der Waals surface area contributed by atoms with Crippen LogP contribution in [0.2, 0.25) is 0 Å². The van der Waals surface area contributed by atoms with Crippen LogP contribution in [0.4, 0.5) is 0 Å². The summed E-state index contributed by atoms with van der Waals surface area (Å²) in [6.45, 7) is 1.54. The number of hydrogen-bond donors (Lipinski definition) is 1. The summed E-state index contributed by atoms with van der Waals surface area (Å²) in [5.41, 5.74) is -1.11. The third-order valence-corrected chi connectivity index (χ3v) is 3.34. The second-order valence-electron chi connectivity index (χ2n) is 4.27. The van der Waals surface area contributed by atoms with Gasteiger partial charge in [-0.25, -0.2) is 0 Å². The molecule has 1 saturated carbocycles. The number of likely N-dealkylation sites (tertiary alicyclic amines) is 1. The van der Waals surface area contributed by atoms with Crippen LogP contribution in [0, 0.1) is 16.7 Å². The Morgan fingerprint density at radius 2 is 2.00 bits per heavy atom. The molecule has 0 atom stereocenters. The topological polar surface area (TPSA) is 64.3 Å². The van der Waals surface area contributed by atoms with E-state index in [-0.39, 0.29) is 0 Å². The predicted molar refractivity (Wildman–Crippen MR) is 49.5 cm³/mol. The molecular weight excluding hydrogens is 180 g/mol. The van der Waals surface area contributed by atoms with E-state index in [4.69, 9.17) is 10.4 Å². The van der Waals surface area contributed by atoms with Crippen LogP contribution in [-0.4, -0.2) is 35.1 Å². The van der Waals surface area contributed by atoms with E-state index in [9.17, 15) is 4.79 Å². The first-order valence-electron chi connectivity index (χ1n) is 5.07. The average Bonchev–Trinajstić information content (AvgIpc) is 3.01. The van der Waals surface area contributed by atoms with Crippen molar-refractivity contribution in [1.82, 2.24) is 4.90 Å². The van der Waals surface area contributed by atoms with Gasteiger partial charge in [0.05, 0.1) is 6.07 Å². The molecule has 2 fully saturated rings. The predicted octanol–water partition coefficient (Wildman–Crippen LogP) is 0.839. The summed E-state index contributed by atoms with van der Waals surface area (Å²) < 4.78 is 0. The first-order chi connectivity index (χ1) is 6.68. The first-order valence-corrected chi connectivity index (χ1v) is 5.07. The maximum Gasteiger partial charge on any atom is 0.324 e. The molecule has 0 aromatic rings. The summed E-state index contributed by atoms with van der Waals surface area (Å²) >= 11 is 0. The van der Waals surface area contributed by atoms with E-state index in [0.717, 1.165) is 13.1 Å². The molecular formula is C10H14N2O2. The maximum absolute atomic E-state index is 11.0. The van der Waals surface area contributed by atoms with Crippen molar-refractivity contribution in [2.24, 2.45) is 5.41 Å². The largest absolute Gasteiger partial charge is 0.480 e. The van der Waals surface area contributed by atoms with Crippen molar-refractivity contribution in [2.75, 3.05) is 13.1 Å². The monoisotopic (exact) mass is 194 g/mol. The lowest BCUT2D eigenvalue weighted by atomic mass is 9.80. The number of rotatable bonds is 2. The van der Waals surface area contributed by atoms with E-state index in [1.54, 1.807) is 0 Å². The molecule has 1 aliphatic heterocycles. The quantitative estimate of drug-likeness (QED) is 0.707. The van der Waals surface area contributed by atoms with Crippen LogP contribution in [0.25, 0.3) is 0 Å². The highest BCUT2D eigenvalue weighted by atomic mass is 16.4. The van der Waals surface area contributed by atoms with Crippen molar-refractivity contribution in [2.45, 2.75) is 31.7 Å². The summed E-state index contributed by atoms with van der Waals surface area (Å²) in [4.78, 5) is 13.3.